The van der Waals surface area contributed by atoms with Crippen molar-refractivity contribution >= 4 is 17.9 Å². The smallest absolute Gasteiger partial charge is 0.116 e. The molecule has 1 heterocycles. The predicted octanol–water partition coefficient (Wildman–Crippen LogP) is 2.60. The Hall–Kier alpha value is -1.83. The Kier molecular flexibility index (Phi) is 1.39. The van der Waals surface area contributed by atoms with Crippen LogP contribution in [0.5, 0.6) is 5.75 Å². The average molecular weight is 183 g/mol. The van der Waals surface area contributed by atoms with Gasteiger partial charge in [0.25, 0.3) is 0 Å². The summed E-state index contributed by atoms with van der Waals surface area (Å²) in [6.07, 6.45) is 6.66. The molecule has 2 heteroatoms. The quantitative estimate of drug-likeness (QED) is 0.658. The molecule has 0 unspecified atom stereocenters. The molecule has 0 saturated carbocycles. The first-order valence-electron chi connectivity index (χ1n) is 4.61. The zero-order chi connectivity index (χ0) is 9.54. The molecule has 14 heavy (non-hydrogen) atoms. The summed E-state index contributed by atoms with van der Waals surface area (Å²) in [5, 5.41) is 9.37. The fraction of sp³-hybridized carbons (Fsp3) is 0.0833. The molecule has 0 spiro atoms. The van der Waals surface area contributed by atoms with Gasteiger partial charge in [0.05, 0.1) is 0 Å². The summed E-state index contributed by atoms with van der Waals surface area (Å²) in [4.78, 5) is 4.28. The van der Waals surface area contributed by atoms with Crippen LogP contribution < -0.4 is 0 Å². The second-order valence-electron chi connectivity index (χ2n) is 3.51. The fourth-order valence-corrected chi connectivity index (χ4v) is 1.74. The van der Waals surface area contributed by atoms with E-state index in [0.717, 1.165) is 12.0 Å². The monoisotopic (exact) mass is 183 g/mol. The molecule has 3 rings (SSSR count). The van der Waals surface area contributed by atoms with Crippen molar-refractivity contribution in [2.75, 3.05) is 0 Å². The van der Waals surface area contributed by atoms with Gasteiger partial charge in [-0.2, -0.15) is 0 Å². The molecule has 0 radical (unpaired) electrons. The van der Waals surface area contributed by atoms with Crippen LogP contribution in [0.25, 0.3) is 11.6 Å². The second-order valence-corrected chi connectivity index (χ2v) is 3.51. The number of aromatic hydroxyl groups is 1. The van der Waals surface area contributed by atoms with E-state index in [1.165, 1.54) is 16.8 Å². The summed E-state index contributed by atoms with van der Waals surface area (Å²) >= 11 is 0. The third-order valence-corrected chi connectivity index (χ3v) is 2.52. The third-order valence-electron chi connectivity index (χ3n) is 2.52. The minimum Gasteiger partial charge on any atom is -0.508 e. The molecule has 1 aromatic carbocycles. The summed E-state index contributed by atoms with van der Waals surface area (Å²) in [6, 6.07) is 5.47. The number of allylic oxidation sites excluding steroid dienone is 3. The lowest BCUT2D eigenvalue weighted by atomic mass is 10.0. The Balaban J connectivity index is 2.23. The Morgan fingerprint density at radius 1 is 1.29 bits per heavy atom. The summed E-state index contributed by atoms with van der Waals surface area (Å²) in [6.45, 7) is 0. The lowest BCUT2D eigenvalue weighted by molar-refractivity contribution is 0.475. The molecule has 0 fully saturated rings. The second kappa shape index (κ2) is 2.58. The number of aliphatic imine (C=N–C) groups is 1. The Labute approximate surface area is 81.9 Å². The van der Waals surface area contributed by atoms with E-state index < -0.39 is 0 Å². The standard InChI is InChI=1S/C12H9NO/c14-9-3-4-10-8(6-9)2-1-5-13-12-7-11(10)12/h1-6,14H,7H2/b2-1-,5-1?,8-2?,11-10?,13-5?,13-12?. The maximum absolute atomic E-state index is 9.37. The van der Waals surface area contributed by atoms with Crippen molar-refractivity contribution < 1.29 is 5.11 Å². The number of hydrogen-bond donors (Lipinski definition) is 1. The van der Waals surface area contributed by atoms with E-state index in [4.69, 9.17) is 0 Å². The van der Waals surface area contributed by atoms with E-state index in [1.807, 2.05) is 18.2 Å². The first-order chi connectivity index (χ1) is 6.84. The summed E-state index contributed by atoms with van der Waals surface area (Å²) in [5.41, 5.74) is 4.74. The van der Waals surface area contributed by atoms with Gasteiger partial charge in [0.2, 0.25) is 0 Å². The van der Waals surface area contributed by atoms with Crippen LogP contribution in [0, 0.1) is 0 Å². The topological polar surface area (TPSA) is 32.6 Å². The summed E-state index contributed by atoms with van der Waals surface area (Å²) < 4.78 is 0. The summed E-state index contributed by atoms with van der Waals surface area (Å²) in [5.74, 6) is 0.314. The SMILES string of the molecule is Oc1ccc2c(c1)/C=C\C=NC1=C2C1. The zero-order valence-electron chi connectivity index (χ0n) is 7.57. The lowest BCUT2D eigenvalue weighted by Gasteiger charge is -2.02. The fourth-order valence-electron chi connectivity index (χ4n) is 1.74. The molecule has 1 N–H and O–H groups in total. The molecular formula is C12H9NO. The molecule has 1 aromatic rings. The van der Waals surface area contributed by atoms with Gasteiger partial charge >= 0.3 is 0 Å². The molecule has 0 atom stereocenters. The average Bonchev–Trinajstić information content (AvgIpc) is 2.88. The van der Waals surface area contributed by atoms with Gasteiger partial charge in [-0.25, -0.2) is 0 Å². The van der Waals surface area contributed by atoms with Gasteiger partial charge in [0.15, 0.2) is 0 Å². The number of phenolic OH excluding ortho intramolecular Hbond substituents is 1. The van der Waals surface area contributed by atoms with Crippen LogP contribution in [0.4, 0.5) is 0 Å². The van der Waals surface area contributed by atoms with Crippen LogP contribution >= 0.6 is 0 Å². The van der Waals surface area contributed by atoms with E-state index in [1.54, 1.807) is 18.3 Å². The van der Waals surface area contributed by atoms with E-state index in [9.17, 15) is 5.11 Å². The molecule has 2 aliphatic rings. The number of nitrogens with zero attached hydrogens (tertiary/aromatic N) is 1. The lowest BCUT2D eigenvalue weighted by Crippen LogP contribution is -1.82. The van der Waals surface area contributed by atoms with Gasteiger partial charge in [-0.1, -0.05) is 12.1 Å². The zero-order valence-corrected chi connectivity index (χ0v) is 7.57. The van der Waals surface area contributed by atoms with Crippen molar-refractivity contribution in [3.8, 4) is 5.75 Å². The van der Waals surface area contributed by atoms with Crippen LogP contribution in [0.1, 0.15) is 17.5 Å². The van der Waals surface area contributed by atoms with Crippen LogP contribution in [0.3, 0.4) is 0 Å². The van der Waals surface area contributed by atoms with Crippen LogP contribution in [-0.2, 0) is 0 Å². The first kappa shape index (κ1) is 7.56. The number of benzene rings is 1. The molecule has 0 aromatic heterocycles. The molecule has 0 saturated heterocycles. The largest absolute Gasteiger partial charge is 0.508 e. The van der Waals surface area contributed by atoms with Crippen LogP contribution in [-0.4, -0.2) is 11.3 Å². The maximum atomic E-state index is 9.37. The molecule has 0 bridgehead atoms. The first-order valence-corrected chi connectivity index (χ1v) is 4.61. The van der Waals surface area contributed by atoms with Crippen molar-refractivity contribution in [2.24, 2.45) is 4.99 Å². The highest BCUT2D eigenvalue weighted by molar-refractivity contribution is 5.93. The Bertz CT molecular complexity index is 495. The van der Waals surface area contributed by atoms with Crippen molar-refractivity contribution in [1.29, 1.82) is 0 Å². The highest BCUT2D eigenvalue weighted by atomic mass is 16.3. The Morgan fingerprint density at radius 3 is 3.14 bits per heavy atom. The van der Waals surface area contributed by atoms with E-state index in [0.29, 0.717) is 5.75 Å². The molecule has 68 valence electrons. The van der Waals surface area contributed by atoms with E-state index >= 15 is 0 Å². The van der Waals surface area contributed by atoms with Gasteiger partial charge in [0.1, 0.15) is 5.75 Å². The number of phenols is 1. The van der Waals surface area contributed by atoms with Crippen LogP contribution in [0.15, 0.2) is 35.0 Å². The van der Waals surface area contributed by atoms with Crippen molar-refractivity contribution in [3.05, 3.63) is 41.1 Å². The highest BCUT2D eigenvalue weighted by Crippen LogP contribution is 2.43. The molecule has 1 aliphatic carbocycles. The third kappa shape index (κ3) is 1.08. The summed E-state index contributed by atoms with van der Waals surface area (Å²) in [7, 11) is 0. The molecule has 1 aliphatic heterocycles. The highest BCUT2D eigenvalue weighted by Gasteiger charge is 2.24. The number of fused-ring (bicyclic) bond motifs is 2. The van der Waals surface area contributed by atoms with Gasteiger partial charge in [-0.3, -0.25) is 4.99 Å². The number of rotatable bonds is 0. The van der Waals surface area contributed by atoms with E-state index in [-0.39, 0.29) is 0 Å². The van der Waals surface area contributed by atoms with Gasteiger partial charge < -0.3 is 5.11 Å². The Morgan fingerprint density at radius 2 is 2.21 bits per heavy atom. The minimum atomic E-state index is 0.314. The van der Waals surface area contributed by atoms with Gasteiger partial charge in [0, 0.05) is 18.3 Å². The van der Waals surface area contributed by atoms with Crippen molar-refractivity contribution in [2.45, 2.75) is 6.42 Å². The molecular weight excluding hydrogens is 174 g/mol. The van der Waals surface area contributed by atoms with Gasteiger partial charge in [-0.15, -0.1) is 0 Å². The van der Waals surface area contributed by atoms with E-state index in [2.05, 4.69) is 4.99 Å². The van der Waals surface area contributed by atoms with Crippen LogP contribution in [0.2, 0.25) is 0 Å². The predicted molar refractivity (Wildman–Crippen MR) is 57.2 cm³/mol. The minimum absolute atomic E-state index is 0.314. The van der Waals surface area contributed by atoms with Crippen molar-refractivity contribution in [3.63, 3.8) is 0 Å². The molecule has 0 amide bonds. The van der Waals surface area contributed by atoms with Crippen molar-refractivity contribution in [1.82, 2.24) is 0 Å². The maximum Gasteiger partial charge on any atom is 0.116 e. The van der Waals surface area contributed by atoms with Gasteiger partial charge in [-0.05, 0) is 34.9 Å². The number of hydrogen-bond acceptors (Lipinski definition) is 2. The normalized spacial score (nSPS) is 19.4. The molecule has 2 nitrogen and oxygen atoms in total.